The first-order chi connectivity index (χ1) is 11.3. The molecule has 0 saturated carbocycles. The highest BCUT2D eigenvalue weighted by Crippen LogP contribution is 2.33. The van der Waals surface area contributed by atoms with Crippen LogP contribution in [-0.4, -0.2) is 31.7 Å². The van der Waals surface area contributed by atoms with Crippen LogP contribution in [0.4, 0.5) is 17.2 Å². The molecule has 124 valence electrons. The zero-order valence-electron chi connectivity index (χ0n) is 12.9. The third kappa shape index (κ3) is 3.55. The fourth-order valence-corrected chi connectivity index (χ4v) is 3.09. The third-order valence-electron chi connectivity index (χ3n) is 3.07. The van der Waals surface area contributed by atoms with Crippen molar-refractivity contribution in [3.8, 4) is 0 Å². The summed E-state index contributed by atoms with van der Waals surface area (Å²) in [6, 6.07) is 6.61. The fourth-order valence-electron chi connectivity index (χ4n) is 2.18. The van der Waals surface area contributed by atoms with E-state index in [9.17, 15) is 9.00 Å². The number of halogens is 1. The smallest absolute Gasteiger partial charge is 0.271 e. The van der Waals surface area contributed by atoms with Crippen molar-refractivity contribution in [3.05, 3.63) is 52.2 Å². The van der Waals surface area contributed by atoms with Crippen molar-refractivity contribution in [1.29, 1.82) is 0 Å². The lowest BCUT2D eigenvalue weighted by Crippen LogP contribution is -2.10. The van der Waals surface area contributed by atoms with Gasteiger partial charge in [0.15, 0.2) is 0 Å². The van der Waals surface area contributed by atoms with Crippen LogP contribution < -0.4 is 10.9 Å². The number of hydrogen-bond acceptors (Lipinski definition) is 6. The topological polar surface area (TPSA) is 100 Å². The number of hydrogen-bond donors (Lipinski definition) is 2. The number of fused-ring (bicyclic) bond motifs is 1. The lowest BCUT2D eigenvalue weighted by Gasteiger charge is -2.09. The van der Waals surface area contributed by atoms with Crippen LogP contribution in [0.15, 0.2) is 45.9 Å². The largest absolute Gasteiger partial charge is 0.335 e. The van der Waals surface area contributed by atoms with Crippen LogP contribution in [0.1, 0.15) is 0 Å². The zero-order valence-corrected chi connectivity index (χ0v) is 14.5. The summed E-state index contributed by atoms with van der Waals surface area (Å²) in [5.41, 5.74) is 1.08. The van der Waals surface area contributed by atoms with E-state index in [2.05, 4.69) is 24.6 Å². The predicted molar refractivity (Wildman–Crippen MR) is 97.0 cm³/mol. The average molecular weight is 364 g/mol. The van der Waals surface area contributed by atoms with E-state index in [0.29, 0.717) is 33.1 Å². The molecule has 0 spiro atoms. The van der Waals surface area contributed by atoms with Crippen molar-refractivity contribution in [2.24, 2.45) is 4.36 Å². The van der Waals surface area contributed by atoms with Gasteiger partial charge in [0.1, 0.15) is 17.8 Å². The Morgan fingerprint density at radius 2 is 2.08 bits per heavy atom. The summed E-state index contributed by atoms with van der Waals surface area (Å²) in [6.45, 7) is 0. The molecule has 0 amide bonds. The second-order valence-corrected chi connectivity index (χ2v) is 8.31. The van der Waals surface area contributed by atoms with Gasteiger partial charge in [-0.3, -0.25) is 4.79 Å². The fraction of sp³-hybridized carbons (Fsp3) is 0.133. The van der Waals surface area contributed by atoms with Gasteiger partial charge in [-0.05, 0) is 24.3 Å². The molecule has 0 fully saturated rings. The predicted octanol–water partition coefficient (Wildman–Crippen LogP) is 3.07. The standard InChI is InChI=1S/C15H14ClN5O2S/c1-24(2,23)21-9-6-10(16)13-12(7-9)18-8-19-14(13)20-11-4-3-5-17-15(11)22/h3-8H,1-2H3,(H,17,22)(H,18,19,20). The average Bonchev–Trinajstić information content (AvgIpc) is 2.47. The Hall–Kier alpha value is -2.45. The summed E-state index contributed by atoms with van der Waals surface area (Å²) in [6.07, 6.45) is 5.98. The van der Waals surface area contributed by atoms with Gasteiger partial charge in [-0.2, -0.15) is 4.36 Å². The van der Waals surface area contributed by atoms with Crippen LogP contribution >= 0.6 is 11.6 Å². The molecule has 24 heavy (non-hydrogen) atoms. The molecule has 0 unspecified atom stereocenters. The maximum atomic E-state index is 11.9. The molecule has 0 radical (unpaired) electrons. The molecule has 2 heterocycles. The molecular formula is C15H14ClN5O2S. The van der Waals surface area contributed by atoms with Gasteiger partial charge in [-0.15, -0.1) is 0 Å². The molecule has 0 aliphatic heterocycles. The highest BCUT2D eigenvalue weighted by Gasteiger charge is 2.11. The number of benzene rings is 1. The van der Waals surface area contributed by atoms with Gasteiger partial charge in [0.2, 0.25) is 0 Å². The van der Waals surface area contributed by atoms with Crippen molar-refractivity contribution < 1.29 is 4.21 Å². The Kier molecular flexibility index (Phi) is 4.25. The maximum Gasteiger partial charge on any atom is 0.271 e. The Morgan fingerprint density at radius 3 is 2.79 bits per heavy atom. The van der Waals surface area contributed by atoms with E-state index in [0.717, 1.165) is 0 Å². The Balaban J connectivity index is 2.16. The van der Waals surface area contributed by atoms with E-state index in [1.165, 1.54) is 6.33 Å². The van der Waals surface area contributed by atoms with Crippen LogP contribution in [0.5, 0.6) is 0 Å². The molecule has 2 N–H and O–H groups in total. The van der Waals surface area contributed by atoms with Crippen molar-refractivity contribution in [1.82, 2.24) is 15.0 Å². The van der Waals surface area contributed by atoms with Crippen LogP contribution in [0.2, 0.25) is 5.02 Å². The number of H-pyrrole nitrogens is 1. The molecule has 0 aliphatic carbocycles. The summed E-state index contributed by atoms with van der Waals surface area (Å²) in [4.78, 5) is 22.7. The van der Waals surface area contributed by atoms with Crippen LogP contribution in [0, 0.1) is 0 Å². The van der Waals surface area contributed by atoms with E-state index in [4.69, 9.17) is 11.6 Å². The first kappa shape index (κ1) is 16.4. The van der Waals surface area contributed by atoms with Gasteiger partial charge in [0.05, 0.1) is 21.6 Å². The summed E-state index contributed by atoms with van der Waals surface area (Å²) in [7, 11) is -2.31. The molecule has 0 bridgehead atoms. The Labute approximate surface area is 143 Å². The van der Waals surface area contributed by atoms with E-state index >= 15 is 0 Å². The van der Waals surface area contributed by atoms with Crippen molar-refractivity contribution in [2.45, 2.75) is 0 Å². The van der Waals surface area contributed by atoms with Crippen molar-refractivity contribution in [2.75, 3.05) is 17.8 Å². The van der Waals surface area contributed by atoms with Gasteiger partial charge < -0.3 is 10.3 Å². The molecule has 0 atom stereocenters. The summed E-state index contributed by atoms with van der Waals surface area (Å²) in [5, 5.41) is 3.87. The number of anilines is 2. The minimum atomic E-state index is -2.31. The lowest BCUT2D eigenvalue weighted by molar-refractivity contribution is 0.684. The number of pyridine rings is 1. The molecule has 1 aromatic carbocycles. The lowest BCUT2D eigenvalue weighted by atomic mass is 10.2. The highest BCUT2D eigenvalue weighted by molar-refractivity contribution is 7.92. The van der Waals surface area contributed by atoms with E-state index in [-0.39, 0.29) is 5.56 Å². The first-order valence-electron chi connectivity index (χ1n) is 6.89. The van der Waals surface area contributed by atoms with Crippen LogP contribution in [0.3, 0.4) is 0 Å². The molecular weight excluding hydrogens is 350 g/mol. The van der Waals surface area contributed by atoms with Crippen molar-refractivity contribution in [3.63, 3.8) is 0 Å². The summed E-state index contributed by atoms with van der Waals surface area (Å²) in [5.74, 6) is 0.405. The van der Waals surface area contributed by atoms with E-state index in [1.807, 2.05) is 0 Å². The SMILES string of the molecule is CS(C)(=O)=Nc1cc(Cl)c2c(Nc3ccc[nH]c3=O)ncnc2c1. The quantitative estimate of drug-likeness (QED) is 0.744. The summed E-state index contributed by atoms with van der Waals surface area (Å²) >= 11 is 6.34. The highest BCUT2D eigenvalue weighted by atomic mass is 35.5. The minimum absolute atomic E-state index is 0.274. The Bertz CT molecular complexity index is 1090. The minimum Gasteiger partial charge on any atom is -0.335 e. The Morgan fingerprint density at radius 1 is 1.29 bits per heavy atom. The number of aromatic amines is 1. The normalized spacial score (nSPS) is 11.5. The monoisotopic (exact) mass is 363 g/mol. The molecule has 2 aromatic heterocycles. The zero-order chi connectivity index (χ0) is 17.3. The maximum absolute atomic E-state index is 11.9. The molecule has 7 nitrogen and oxygen atoms in total. The van der Waals surface area contributed by atoms with Gasteiger partial charge in [-0.1, -0.05) is 11.6 Å². The van der Waals surface area contributed by atoms with Crippen LogP contribution in [-0.2, 0) is 9.73 Å². The van der Waals surface area contributed by atoms with Gasteiger partial charge in [0, 0.05) is 28.4 Å². The van der Waals surface area contributed by atoms with E-state index < -0.39 is 9.73 Å². The number of nitrogens with one attached hydrogen (secondary N) is 2. The first-order valence-corrected chi connectivity index (χ1v) is 9.60. The number of rotatable bonds is 3. The van der Waals surface area contributed by atoms with Crippen LogP contribution in [0.25, 0.3) is 10.9 Å². The second kappa shape index (κ2) is 6.21. The molecule has 0 saturated heterocycles. The second-order valence-electron chi connectivity index (χ2n) is 5.35. The summed E-state index contributed by atoms with van der Waals surface area (Å²) < 4.78 is 16.0. The van der Waals surface area contributed by atoms with Gasteiger partial charge in [0.25, 0.3) is 5.56 Å². The molecule has 9 heteroatoms. The van der Waals surface area contributed by atoms with Gasteiger partial charge in [-0.25, -0.2) is 14.2 Å². The number of nitrogens with zero attached hydrogens (tertiary/aromatic N) is 3. The van der Waals surface area contributed by atoms with Gasteiger partial charge >= 0.3 is 0 Å². The molecule has 3 aromatic rings. The molecule has 0 aliphatic rings. The van der Waals surface area contributed by atoms with Crippen molar-refractivity contribution >= 4 is 49.4 Å². The van der Waals surface area contributed by atoms with E-state index in [1.54, 1.807) is 43.0 Å². The number of aromatic nitrogens is 3. The molecule has 3 rings (SSSR count). The third-order valence-corrected chi connectivity index (χ3v) is 4.02.